The Morgan fingerprint density at radius 3 is 3.06 bits per heavy atom. The molecule has 0 saturated heterocycles. The Balaban J connectivity index is 2.63. The number of hydrogen-bond acceptors (Lipinski definition) is 5. The largest absolute Gasteiger partial charge is 0.396 e. The van der Waals surface area contributed by atoms with Crippen molar-refractivity contribution in [3.05, 3.63) is 28.4 Å². The molecule has 6 nitrogen and oxygen atoms in total. The summed E-state index contributed by atoms with van der Waals surface area (Å²) < 4.78 is 0. The lowest BCUT2D eigenvalue weighted by Crippen LogP contribution is -2.14. The third-order valence-electron chi connectivity index (χ3n) is 2.22. The number of anilines is 1. The van der Waals surface area contributed by atoms with Gasteiger partial charge in [0, 0.05) is 25.4 Å². The molecule has 1 rings (SSSR count). The van der Waals surface area contributed by atoms with Crippen LogP contribution in [0.25, 0.3) is 0 Å². The Kier molecular flexibility index (Phi) is 4.65. The first-order chi connectivity index (χ1) is 7.65. The zero-order valence-corrected chi connectivity index (χ0v) is 9.09. The SMILES string of the molecule is CC(CCO)CNc1ncccc1[N+](=O)[O-]. The van der Waals surface area contributed by atoms with E-state index in [9.17, 15) is 10.1 Å². The number of nitrogens with one attached hydrogen (secondary N) is 1. The summed E-state index contributed by atoms with van der Waals surface area (Å²) in [5.41, 5.74) is -0.0290. The third-order valence-corrected chi connectivity index (χ3v) is 2.22. The van der Waals surface area contributed by atoms with Gasteiger partial charge in [0.25, 0.3) is 0 Å². The van der Waals surface area contributed by atoms with E-state index in [2.05, 4.69) is 10.3 Å². The maximum absolute atomic E-state index is 10.7. The molecule has 1 aromatic heterocycles. The molecule has 0 aliphatic heterocycles. The minimum Gasteiger partial charge on any atom is -0.396 e. The van der Waals surface area contributed by atoms with Crippen LogP contribution in [0.15, 0.2) is 18.3 Å². The van der Waals surface area contributed by atoms with E-state index in [4.69, 9.17) is 5.11 Å². The molecule has 0 aliphatic carbocycles. The molecule has 16 heavy (non-hydrogen) atoms. The van der Waals surface area contributed by atoms with Crippen LogP contribution in [-0.4, -0.2) is 28.2 Å². The number of aromatic nitrogens is 1. The van der Waals surface area contributed by atoms with Crippen molar-refractivity contribution in [1.82, 2.24) is 4.98 Å². The summed E-state index contributed by atoms with van der Waals surface area (Å²) in [5, 5.41) is 22.3. The molecule has 1 aromatic rings. The molecular formula is C10H15N3O3. The molecule has 0 fully saturated rings. The van der Waals surface area contributed by atoms with Gasteiger partial charge in [0.1, 0.15) is 0 Å². The van der Waals surface area contributed by atoms with Crippen molar-refractivity contribution >= 4 is 11.5 Å². The first-order valence-corrected chi connectivity index (χ1v) is 5.09. The van der Waals surface area contributed by atoms with Gasteiger partial charge in [-0.05, 0) is 18.4 Å². The molecule has 1 heterocycles. The number of aliphatic hydroxyl groups is 1. The monoisotopic (exact) mass is 225 g/mol. The van der Waals surface area contributed by atoms with Gasteiger partial charge in [-0.25, -0.2) is 4.98 Å². The number of hydrogen-bond donors (Lipinski definition) is 2. The molecule has 0 spiro atoms. The zero-order valence-electron chi connectivity index (χ0n) is 9.09. The molecule has 2 N–H and O–H groups in total. The van der Waals surface area contributed by atoms with Crippen LogP contribution in [0.3, 0.4) is 0 Å². The van der Waals surface area contributed by atoms with E-state index in [-0.39, 0.29) is 24.0 Å². The van der Waals surface area contributed by atoms with Gasteiger partial charge in [-0.3, -0.25) is 10.1 Å². The summed E-state index contributed by atoms with van der Waals surface area (Å²) >= 11 is 0. The number of aliphatic hydroxyl groups excluding tert-OH is 1. The summed E-state index contributed by atoms with van der Waals surface area (Å²) in [6, 6.07) is 2.94. The Labute approximate surface area is 93.5 Å². The lowest BCUT2D eigenvalue weighted by atomic mass is 10.1. The molecule has 0 radical (unpaired) electrons. The second-order valence-electron chi connectivity index (χ2n) is 3.63. The Bertz CT molecular complexity index is 357. The average molecular weight is 225 g/mol. The predicted octanol–water partition coefficient (Wildman–Crippen LogP) is 1.42. The van der Waals surface area contributed by atoms with Crippen LogP contribution in [0.4, 0.5) is 11.5 Å². The van der Waals surface area contributed by atoms with Crippen LogP contribution in [0.1, 0.15) is 13.3 Å². The van der Waals surface area contributed by atoms with Crippen LogP contribution in [0.5, 0.6) is 0 Å². The van der Waals surface area contributed by atoms with E-state index in [0.29, 0.717) is 13.0 Å². The predicted molar refractivity (Wildman–Crippen MR) is 60.2 cm³/mol. The molecule has 0 bridgehead atoms. The Hall–Kier alpha value is -1.69. The van der Waals surface area contributed by atoms with Crippen molar-refractivity contribution < 1.29 is 10.0 Å². The van der Waals surface area contributed by atoms with Crippen LogP contribution < -0.4 is 5.32 Å². The summed E-state index contributed by atoms with van der Waals surface area (Å²) in [7, 11) is 0. The molecule has 0 saturated carbocycles. The number of pyridine rings is 1. The fourth-order valence-corrected chi connectivity index (χ4v) is 1.27. The maximum Gasteiger partial charge on any atom is 0.311 e. The van der Waals surface area contributed by atoms with Crippen molar-refractivity contribution in [2.24, 2.45) is 5.92 Å². The van der Waals surface area contributed by atoms with E-state index in [1.54, 1.807) is 0 Å². The Morgan fingerprint density at radius 1 is 1.69 bits per heavy atom. The van der Waals surface area contributed by atoms with Crippen molar-refractivity contribution in [1.29, 1.82) is 0 Å². The van der Waals surface area contributed by atoms with Gasteiger partial charge in [0.2, 0.25) is 5.82 Å². The second-order valence-corrected chi connectivity index (χ2v) is 3.63. The lowest BCUT2D eigenvalue weighted by Gasteiger charge is -2.11. The van der Waals surface area contributed by atoms with Gasteiger partial charge < -0.3 is 10.4 Å². The highest BCUT2D eigenvalue weighted by molar-refractivity contribution is 5.54. The normalized spacial score (nSPS) is 12.1. The Morgan fingerprint density at radius 2 is 2.44 bits per heavy atom. The van der Waals surface area contributed by atoms with Crippen LogP contribution in [-0.2, 0) is 0 Å². The van der Waals surface area contributed by atoms with Gasteiger partial charge in [-0.15, -0.1) is 0 Å². The van der Waals surface area contributed by atoms with Gasteiger partial charge in [-0.1, -0.05) is 6.92 Å². The second kappa shape index (κ2) is 6.02. The lowest BCUT2D eigenvalue weighted by molar-refractivity contribution is -0.384. The van der Waals surface area contributed by atoms with Crippen LogP contribution >= 0.6 is 0 Å². The van der Waals surface area contributed by atoms with Crippen LogP contribution in [0, 0.1) is 16.0 Å². The molecular weight excluding hydrogens is 210 g/mol. The quantitative estimate of drug-likeness (QED) is 0.564. The fourth-order valence-electron chi connectivity index (χ4n) is 1.27. The van der Waals surface area contributed by atoms with E-state index in [1.165, 1.54) is 18.3 Å². The average Bonchev–Trinajstić information content (AvgIpc) is 2.27. The molecule has 88 valence electrons. The molecule has 1 atom stereocenters. The van der Waals surface area contributed by atoms with Crippen molar-refractivity contribution in [3.63, 3.8) is 0 Å². The topological polar surface area (TPSA) is 88.3 Å². The van der Waals surface area contributed by atoms with Gasteiger partial charge >= 0.3 is 5.69 Å². The smallest absolute Gasteiger partial charge is 0.311 e. The van der Waals surface area contributed by atoms with E-state index in [0.717, 1.165) is 0 Å². The standard InChI is InChI=1S/C10H15N3O3/c1-8(4-6-14)7-12-10-9(13(15)16)3-2-5-11-10/h2-3,5,8,14H,4,6-7H2,1H3,(H,11,12). The van der Waals surface area contributed by atoms with E-state index < -0.39 is 4.92 Å². The summed E-state index contributed by atoms with van der Waals surface area (Å²) in [4.78, 5) is 14.1. The van der Waals surface area contributed by atoms with E-state index in [1.807, 2.05) is 6.92 Å². The maximum atomic E-state index is 10.7. The highest BCUT2D eigenvalue weighted by atomic mass is 16.6. The van der Waals surface area contributed by atoms with Crippen molar-refractivity contribution in [2.45, 2.75) is 13.3 Å². The first-order valence-electron chi connectivity index (χ1n) is 5.09. The first kappa shape index (κ1) is 12.4. The van der Waals surface area contributed by atoms with Crippen molar-refractivity contribution in [3.8, 4) is 0 Å². The molecule has 0 amide bonds. The highest BCUT2D eigenvalue weighted by Gasteiger charge is 2.14. The van der Waals surface area contributed by atoms with Gasteiger partial charge in [0.15, 0.2) is 0 Å². The minimum atomic E-state index is -0.466. The summed E-state index contributed by atoms with van der Waals surface area (Å²) in [6.45, 7) is 2.63. The van der Waals surface area contributed by atoms with Crippen molar-refractivity contribution in [2.75, 3.05) is 18.5 Å². The minimum absolute atomic E-state index is 0.0290. The van der Waals surface area contributed by atoms with Gasteiger partial charge in [0.05, 0.1) is 4.92 Å². The molecule has 0 aromatic carbocycles. The fraction of sp³-hybridized carbons (Fsp3) is 0.500. The number of rotatable bonds is 6. The van der Waals surface area contributed by atoms with E-state index >= 15 is 0 Å². The molecule has 0 aliphatic rings. The summed E-state index contributed by atoms with van der Waals surface area (Å²) in [6.07, 6.45) is 2.17. The zero-order chi connectivity index (χ0) is 12.0. The molecule has 1 unspecified atom stereocenters. The highest BCUT2D eigenvalue weighted by Crippen LogP contribution is 2.20. The number of nitrogens with zero attached hydrogens (tertiary/aromatic N) is 2. The third kappa shape index (κ3) is 3.47. The van der Waals surface area contributed by atoms with Crippen LogP contribution in [0.2, 0.25) is 0 Å². The molecule has 6 heteroatoms. The number of nitro groups is 1. The van der Waals surface area contributed by atoms with Gasteiger partial charge in [-0.2, -0.15) is 0 Å². The summed E-state index contributed by atoms with van der Waals surface area (Å²) in [5.74, 6) is 0.518.